The minimum Gasteiger partial charge on any atom is -0.508 e. The maximum Gasteiger partial charge on any atom is 0.303 e. The lowest BCUT2D eigenvalue weighted by Crippen LogP contribution is -2.05. The topological polar surface area (TPSA) is 57.5 Å². The van der Waals surface area contributed by atoms with Crippen LogP contribution in [0.2, 0.25) is 0 Å². The Hall–Kier alpha value is -2.33. The molecule has 0 radical (unpaired) electrons. The first-order chi connectivity index (χ1) is 11.5. The number of aliphatic carboxylic acids is 1. The van der Waals surface area contributed by atoms with Crippen molar-refractivity contribution in [3.63, 3.8) is 0 Å². The molecular formula is C20H17BrO3. The van der Waals surface area contributed by atoms with E-state index in [0.717, 1.165) is 26.7 Å². The van der Waals surface area contributed by atoms with Crippen molar-refractivity contribution < 1.29 is 15.0 Å². The van der Waals surface area contributed by atoms with Gasteiger partial charge in [0, 0.05) is 16.8 Å². The van der Waals surface area contributed by atoms with Gasteiger partial charge in [0.1, 0.15) is 5.75 Å². The Kier molecular flexibility index (Phi) is 4.86. The molecule has 0 heterocycles. The molecule has 0 saturated carbocycles. The summed E-state index contributed by atoms with van der Waals surface area (Å²) in [5, 5.41) is 18.5. The number of allylic oxidation sites excluding steroid dienone is 4. The van der Waals surface area contributed by atoms with E-state index in [1.54, 1.807) is 12.1 Å². The number of phenolic OH excluding ortho intramolecular Hbond substituents is 1. The van der Waals surface area contributed by atoms with Crippen LogP contribution in [0, 0.1) is 0 Å². The molecule has 0 aliphatic heterocycles. The summed E-state index contributed by atoms with van der Waals surface area (Å²) in [6, 6.07) is 15.2. The molecule has 4 heteroatoms. The van der Waals surface area contributed by atoms with Gasteiger partial charge in [-0.1, -0.05) is 57.9 Å². The lowest BCUT2D eigenvalue weighted by atomic mass is 9.83. The number of carboxylic acid groups (broad SMARTS) is 1. The first-order valence-corrected chi connectivity index (χ1v) is 8.51. The molecule has 0 fully saturated rings. The molecule has 2 aromatic rings. The minimum absolute atomic E-state index is 0.0196. The van der Waals surface area contributed by atoms with Crippen molar-refractivity contribution in [1.82, 2.24) is 0 Å². The molecule has 0 saturated heterocycles. The summed E-state index contributed by atoms with van der Waals surface area (Å²) in [5.41, 5.74) is 4.39. The van der Waals surface area contributed by atoms with Crippen LogP contribution in [0.4, 0.5) is 0 Å². The van der Waals surface area contributed by atoms with Gasteiger partial charge in [0.25, 0.3) is 0 Å². The van der Waals surface area contributed by atoms with Gasteiger partial charge >= 0.3 is 5.97 Å². The fourth-order valence-electron chi connectivity index (χ4n) is 3.03. The molecule has 3 rings (SSSR count). The highest BCUT2D eigenvalue weighted by Crippen LogP contribution is 2.44. The van der Waals surface area contributed by atoms with E-state index in [0.29, 0.717) is 6.42 Å². The third-order valence-electron chi connectivity index (χ3n) is 4.19. The Morgan fingerprint density at radius 2 is 1.67 bits per heavy atom. The van der Waals surface area contributed by atoms with Crippen LogP contribution in [-0.4, -0.2) is 16.2 Å². The average Bonchev–Trinajstić information content (AvgIpc) is 2.98. The third kappa shape index (κ3) is 3.60. The van der Waals surface area contributed by atoms with Gasteiger partial charge in [0.2, 0.25) is 0 Å². The van der Waals surface area contributed by atoms with E-state index >= 15 is 0 Å². The van der Waals surface area contributed by atoms with E-state index in [2.05, 4.69) is 34.1 Å². The van der Waals surface area contributed by atoms with Crippen LogP contribution in [0.1, 0.15) is 29.9 Å². The number of carboxylic acids is 1. The van der Waals surface area contributed by atoms with E-state index in [4.69, 9.17) is 5.11 Å². The number of rotatable bonds is 5. The van der Waals surface area contributed by atoms with Crippen LogP contribution < -0.4 is 0 Å². The molecule has 2 aromatic carbocycles. The van der Waals surface area contributed by atoms with Crippen molar-refractivity contribution >= 4 is 27.5 Å². The molecule has 122 valence electrons. The van der Waals surface area contributed by atoms with E-state index in [-0.39, 0.29) is 18.1 Å². The first kappa shape index (κ1) is 16.5. The van der Waals surface area contributed by atoms with Gasteiger partial charge in [-0.2, -0.15) is 0 Å². The van der Waals surface area contributed by atoms with Crippen molar-refractivity contribution in [2.45, 2.75) is 18.8 Å². The van der Waals surface area contributed by atoms with Gasteiger partial charge < -0.3 is 10.2 Å². The third-order valence-corrected chi connectivity index (χ3v) is 4.72. The molecule has 0 spiro atoms. The molecule has 0 aromatic heterocycles. The molecule has 0 unspecified atom stereocenters. The van der Waals surface area contributed by atoms with Gasteiger partial charge in [0.05, 0.1) is 0 Å². The number of phenols is 1. The molecule has 2 N–H and O–H groups in total. The predicted octanol–water partition coefficient (Wildman–Crippen LogP) is 5.13. The zero-order chi connectivity index (χ0) is 17.1. The maximum absolute atomic E-state index is 11.0. The highest BCUT2D eigenvalue weighted by Gasteiger charge is 2.26. The zero-order valence-corrected chi connectivity index (χ0v) is 14.5. The summed E-state index contributed by atoms with van der Waals surface area (Å²) >= 11 is 3.45. The largest absolute Gasteiger partial charge is 0.508 e. The summed E-state index contributed by atoms with van der Waals surface area (Å²) in [5.74, 6) is -0.550. The lowest BCUT2D eigenvalue weighted by molar-refractivity contribution is -0.136. The number of halogens is 1. The normalized spacial score (nSPS) is 16.6. The summed E-state index contributed by atoms with van der Waals surface area (Å²) in [7, 11) is 0. The summed E-state index contributed by atoms with van der Waals surface area (Å²) in [6.45, 7) is 0. The monoisotopic (exact) mass is 384 g/mol. The number of hydrogen-bond donors (Lipinski definition) is 2. The highest BCUT2D eigenvalue weighted by molar-refractivity contribution is 9.10. The van der Waals surface area contributed by atoms with E-state index < -0.39 is 5.97 Å². The second kappa shape index (κ2) is 7.05. The highest BCUT2D eigenvalue weighted by atomic mass is 79.9. The molecule has 1 aliphatic rings. The van der Waals surface area contributed by atoms with E-state index in [1.165, 1.54) is 0 Å². The standard InChI is InChI=1S/C20H17BrO3/c21-16-7-1-13(2-8-16)18-11-5-15(6-12-19(23)24)20(18)14-3-9-17(22)10-4-14/h1-5,7-11,20,22H,6,12H2,(H,23,24)/t20-/m1/s1. The smallest absolute Gasteiger partial charge is 0.303 e. The van der Waals surface area contributed by atoms with Gasteiger partial charge in [-0.25, -0.2) is 0 Å². The number of benzene rings is 2. The van der Waals surface area contributed by atoms with E-state index in [9.17, 15) is 9.90 Å². The van der Waals surface area contributed by atoms with E-state index in [1.807, 2.05) is 30.3 Å². The van der Waals surface area contributed by atoms with Crippen molar-refractivity contribution in [1.29, 1.82) is 0 Å². The van der Waals surface area contributed by atoms with Gasteiger partial charge in [0.15, 0.2) is 0 Å². The Labute approximate surface area is 149 Å². The number of hydrogen-bond acceptors (Lipinski definition) is 2. The summed E-state index contributed by atoms with van der Waals surface area (Å²) in [6.07, 6.45) is 4.72. The number of aromatic hydroxyl groups is 1. The molecule has 0 amide bonds. The van der Waals surface area contributed by atoms with Gasteiger partial charge in [-0.15, -0.1) is 0 Å². The molecule has 1 aliphatic carbocycles. The van der Waals surface area contributed by atoms with Crippen molar-refractivity contribution in [2.24, 2.45) is 0 Å². The zero-order valence-electron chi connectivity index (χ0n) is 12.9. The fourth-order valence-corrected chi connectivity index (χ4v) is 3.30. The van der Waals surface area contributed by atoms with Crippen LogP contribution in [0.3, 0.4) is 0 Å². The molecular weight excluding hydrogens is 368 g/mol. The van der Waals surface area contributed by atoms with Crippen LogP contribution in [-0.2, 0) is 4.79 Å². The average molecular weight is 385 g/mol. The second-order valence-electron chi connectivity index (χ2n) is 5.79. The van der Waals surface area contributed by atoms with Crippen LogP contribution in [0.15, 0.2) is 70.7 Å². The summed E-state index contributed by atoms with van der Waals surface area (Å²) in [4.78, 5) is 11.0. The van der Waals surface area contributed by atoms with Crippen LogP contribution >= 0.6 is 15.9 Å². The molecule has 3 nitrogen and oxygen atoms in total. The van der Waals surface area contributed by atoms with Crippen molar-refractivity contribution in [3.8, 4) is 5.75 Å². The molecule has 24 heavy (non-hydrogen) atoms. The van der Waals surface area contributed by atoms with Crippen molar-refractivity contribution in [2.75, 3.05) is 0 Å². The quantitative estimate of drug-likeness (QED) is 0.751. The second-order valence-corrected chi connectivity index (χ2v) is 6.70. The number of carbonyl (C=O) groups is 1. The van der Waals surface area contributed by atoms with Gasteiger partial charge in [-0.3, -0.25) is 4.79 Å². The van der Waals surface area contributed by atoms with Gasteiger partial charge in [-0.05, 0) is 47.4 Å². The maximum atomic E-state index is 11.0. The minimum atomic E-state index is -0.794. The lowest BCUT2D eigenvalue weighted by Gasteiger charge is -2.20. The van der Waals surface area contributed by atoms with Crippen LogP contribution in [0.5, 0.6) is 5.75 Å². The Morgan fingerprint density at radius 3 is 2.29 bits per heavy atom. The molecule has 1 atom stereocenters. The predicted molar refractivity (Wildman–Crippen MR) is 97.9 cm³/mol. The Balaban J connectivity index is 1.95. The fraction of sp³-hybridized carbons (Fsp3) is 0.150. The first-order valence-electron chi connectivity index (χ1n) is 7.72. The van der Waals surface area contributed by atoms with Crippen molar-refractivity contribution in [3.05, 3.63) is 81.9 Å². The Bertz CT molecular complexity index is 802. The Morgan fingerprint density at radius 1 is 1.00 bits per heavy atom. The van der Waals surface area contributed by atoms with Crippen LogP contribution in [0.25, 0.3) is 5.57 Å². The SMILES string of the molecule is O=C(O)CCC1=CC=C(c2ccc(Br)cc2)[C@@H]1c1ccc(O)cc1. The molecule has 0 bridgehead atoms. The summed E-state index contributed by atoms with van der Waals surface area (Å²) < 4.78 is 1.02.